The molecule has 0 radical (unpaired) electrons. The van der Waals surface area contributed by atoms with Crippen LogP contribution in [0.5, 0.6) is 0 Å². The van der Waals surface area contributed by atoms with E-state index in [1.807, 2.05) is 24.3 Å². The van der Waals surface area contributed by atoms with Crippen LogP contribution in [0.4, 0.5) is 0 Å². The molecule has 2 aromatic heterocycles. The fourth-order valence-electron chi connectivity index (χ4n) is 4.95. The topological polar surface area (TPSA) is 103 Å². The molecule has 0 spiro atoms. The molecule has 0 fully saturated rings. The van der Waals surface area contributed by atoms with Crippen LogP contribution in [-0.4, -0.2) is 41.1 Å². The van der Waals surface area contributed by atoms with Gasteiger partial charge in [0, 0.05) is 47.8 Å². The van der Waals surface area contributed by atoms with Gasteiger partial charge in [0.15, 0.2) is 9.84 Å². The van der Waals surface area contributed by atoms with E-state index in [0.717, 1.165) is 41.6 Å². The fourth-order valence-corrected chi connectivity index (χ4v) is 5.71. The number of imidazole rings is 1. The van der Waals surface area contributed by atoms with Gasteiger partial charge in [0.2, 0.25) is 5.78 Å². The van der Waals surface area contributed by atoms with Gasteiger partial charge in [-0.25, -0.2) is 13.4 Å². The second-order valence-corrected chi connectivity index (χ2v) is 13.0. The molecule has 0 unspecified atom stereocenters. The lowest BCUT2D eigenvalue weighted by Gasteiger charge is -2.15. The van der Waals surface area contributed by atoms with E-state index in [0.29, 0.717) is 41.6 Å². The summed E-state index contributed by atoms with van der Waals surface area (Å²) in [5.41, 5.74) is 4.36. The Morgan fingerprint density at radius 3 is 2.26 bits per heavy atom. The van der Waals surface area contributed by atoms with Crippen LogP contribution in [0.15, 0.2) is 94.7 Å². The van der Waals surface area contributed by atoms with Crippen molar-refractivity contribution in [2.24, 2.45) is 0 Å². The lowest BCUT2D eigenvalue weighted by molar-refractivity contribution is 0.0954. The number of sulfone groups is 1. The van der Waals surface area contributed by atoms with Crippen molar-refractivity contribution >= 4 is 33.1 Å². The van der Waals surface area contributed by atoms with Crippen molar-refractivity contribution in [1.82, 2.24) is 19.3 Å². The summed E-state index contributed by atoms with van der Waals surface area (Å²) in [4.78, 5) is 31.2. The van der Waals surface area contributed by atoms with Gasteiger partial charge >= 0.3 is 0 Å². The van der Waals surface area contributed by atoms with Gasteiger partial charge in [0.25, 0.3) is 11.5 Å². The Morgan fingerprint density at radius 1 is 0.930 bits per heavy atom. The molecule has 1 N–H and O–H groups in total. The highest BCUT2D eigenvalue weighted by Gasteiger charge is 2.16. The molecule has 5 rings (SSSR count). The van der Waals surface area contributed by atoms with Crippen LogP contribution in [0.1, 0.15) is 42.1 Å². The summed E-state index contributed by atoms with van der Waals surface area (Å²) in [7, 11) is -3.24. The van der Waals surface area contributed by atoms with E-state index >= 15 is 0 Å². The van der Waals surface area contributed by atoms with E-state index in [1.165, 1.54) is 6.26 Å². The van der Waals surface area contributed by atoms with Gasteiger partial charge in [-0.05, 0) is 60.4 Å². The molecule has 0 aliphatic heterocycles. The number of nitrogens with zero attached hydrogens (tertiary/aromatic N) is 3. The minimum Gasteiger partial charge on any atom is -0.352 e. The van der Waals surface area contributed by atoms with Gasteiger partial charge in [-0.2, -0.15) is 0 Å². The molecular weight excluding hydrogens is 584 g/mol. The number of carbonyl (C=O) groups excluding carboxylic acids is 1. The first-order valence-corrected chi connectivity index (χ1v) is 16.5. The average molecular weight is 617 g/mol. The Labute approximate surface area is 255 Å². The van der Waals surface area contributed by atoms with Crippen molar-refractivity contribution < 1.29 is 13.2 Å². The standard InChI is InChI=1S/C33H33ClN4O4S/c1-3-4-5-20-37-30(21-31(39)38-22-29(36-33(37)38)24-12-14-27(34)15-13-24)25-8-10-26(11-9-25)32(40)35-19-18-23-6-16-28(17-7-23)43(2,41)42/h6-17,21-22H,3-5,18-20H2,1-2H3,(H,35,40). The summed E-state index contributed by atoms with van der Waals surface area (Å²) in [5, 5.41) is 3.55. The summed E-state index contributed by atoms with van der Waals surface area (Å²) >= 11 is 6.06. The number of aryl methyl sites for hydroxylation is 1. The van der Waals surface area contributed by atoms with Gasteiger partial charge < -0.3 is 9.88 Å². The van der Waals surface area contributed by atoms with Gasteiger partial charge in [-0.1, -0.05) is 67.8 Å². The maximum atomic E-state index is 13.2. The Kier molecular flexibility index (Phi) is 9.13. The zero-order valence-electron chi connectivity index (χ0n) is 24.1. The molecule has 0 saturated carbocycles. The van der Waals surface area contributed by atoms with Gasteiger partial charge in [0.1, 0.15) is 0 Å². The van der Waals surface area contributed by atoms with Gasteiger partial charge in [0.05, 0.1) is 16.3 Å². The molecule has 3 aromatic carbocycles. The second-order valence-electron chi connectivity index (χ2n) is 10.5. The van der Waals surface area contributed by atoms with Crippen LogP contribution < -0.4 is 10.9 Å². The van der Waals surface area contributed by atoms with E-state index < -0.39 is 9.84 Å². The average Bonchev–Trinajstić information content (AvgIpc) is 3.45. The monoisotopic (exact) mass is 616 g/mol. The third-order valence-corrected chi connectivity index (χ3v) is 8.72. The summed E-state index contributed by atoms with van der Waals surface area (Å²) < 4.78 is 27.0. The molecular formula is C33H33ClN4O4S. The molecule has 0 saturated heterocycles. The zero-order chi connectivity index (χ0) is 30.6. The third kappa shape index (κ3) is 7.06. The van der Waals surface area contributed by atoms with Crippen LogP contribution in [0.3, 0.4) is 0 Å². The number of nitrogens with one attached hydrogen (secondary N) is 1. The Bertz CT molecular complexity index is 1910. The molecule has 10 heteroatoms. The van der Waals surface area contributed by atoms with Gasteiger partial charge in [-0.3, -0.25) is 14.0 Å². The van der Waals surface area contributed by atoms with Crippen molar-refractivity contribution in [3.8, 4) is 22.5 Å². The number of benzene rings is 3. The number of fused-ring (bicyclic) bond motifs is 1. The summed E-state index contributed by atoms with van der Waals surface area (Å²) in [5.74, 6) is 0.353. The highest BCUT2D eigenvalue weighted by Crippen LogP contribution is 2.25. The predicted octanol–water partition coefficient (Wildman–Crippen LogP) is 6.05. The summed E-state index contributed by atoms with van der Waals surface area (Å²) in [6, 6.07) is 22.9. The first-order valence-electron chi connectivity index (χ1n) is 14.2. The Hall–Kier alpha value is -4.21. The number of halogens is 1. The predicted molar refractivity (Wildman–Crippen MR) is 170 cm³/mol. The van der Waals surface area contributed by atoms with Crippen LogP contribution in [0, 0.1) is 0 Å². The quantitative estimate of drug-likeness (QED) is 0.182. The molecule has 222 valence electrons. The number of unbranched alkanes of at least 4 members (excludes halogenated alkanes) is 2. The third-order valence-electron chi connectivity index (χ3n) is 7.34. The molecule has 5 aromatic rings. The number of aromatic nitrogens is 3. The van der Waals surface area contributed by atoms with Crippen molar-refractivity contribution in [3.05, 3.63) is 112 Å². The highest BCUT2D eigenvalue weighted by atomic mass is 35.5. The molecule has 2 heterocycles. The van der Waals surface area contributed by atoms with Crippen LogP contribution in [0.2, 0.25) is 5.02 Å². The number of hydrogen-bond acceptors (Lipinski definition) is 5. The highest BCUT2D eigenvalue weighted by molar-refractivity contribution is 7.90. The Balaban J connectivity index is 1.36. The largest absolute Gasteiger partial charge is 0.352 e. The summed E-state index contributed by atoms with van der Waals surface area (Å²) in [6.07, 6.45) is 6.54. The number of amides is 1. The second kappa shape index (κ2) is 13.0. The van der Waals surface area contributed by atoms with Crippen molar-refractivity contribution in [1.29, 1.82) is 0 Å². The lowest BCUT2D eigenvalue weighted by atomic mass is 10.1. The smallest absolute Gasteiger partial charge is 0.259 e. The number of hydrogen-bond donors (Lipinski definition) is 1. The molecule has 0 bridgehead atoms. The maximum absolute atomic E-state index is 13.2. The maximum Gasteiger partial charge on any atom is 0.259 e. The normalized spacial score (nSPS) is 11.6. The van der Waals surface area contributed by atoms with E-state index in [2.05, 4.69) is 16.8 Å². The Morgan fingerprint density at radius 2 is 1.60 bits per heavy atom. The van der Waals surface area contributed by atoms with Crippen molar-refractivity contribution in [2.45, 2.75) is 44.0 Å². The molecule has 0 atom stereocenters. The molecule has 43 heavy (non-hydrogen) atoms. The van der Waals surface area contributed by atoms with E-state index in [-0.39, 0.29) is 16.4 Å². The molecule has 0 aliphatic carbocycles. The SMILES string of the molecule is CCCCCn1c(-c2ccc(C(=O)NCCc3ccc(S(C)(=O)=O)cc3)cc2)cc(=O)n2cc(-c3ccc(Cl)cc3)nc12. The number of carbonyl (C=O) groups is 1. The first kappa shape index (κ1) is 30.3. The summed E-state index contributed by atoms with van der Waals surface area (Å²) in [6.45, 7) is 3.24. The lowest BCUT2D eigenvalue weighted by Crippen LogP contribution is -2.25. The zero-order valence-corrected chi connectivity index (χ0v) is 25.7. The fraction of sp³-hybridized carbons (Fsp3) is 0.242. The van der Waals surface area contributed by atoms with E-state index in [9.17, 15) is 18.0 Å². The van der Waals surface area contributed by atoms with E-state index in [1.54, 1.807) is 65.2 Å². The van der Waals surface area contributed by atoms with Crippen LogP contribution >= 0.6 is 11.6 Å². The van der Waals surface area contributed by atoms with Crippen molar-refractivity contribution in [3.63, 3.8) is 0 Å². The van der Waals surface area contributed by atoms with Crippen molar-refractivity contribution in [2.75, 3.05) is 12.8 Å². The minimum absolute atomic E-state index is 0.184. The minimum atomic E-state index is -3.24. The molecule has 1 amide bonds. The van der Waals surface area contributed by atoms with Crippen LogP contribution in [-0.2, 0) is 22.8 Å². The van der Waals surface area contributed by atoms with Gasteiger partial charge in [-0.15, -0.1) is 0 Å². The molecule has 8 nitrogen and oxygen atoms in total. The molecule has 0 aliphatic rings. The van der Waals surface area contributed by atoms with Crippen LogP contribution in [0.25, 0.3) is 28.3 Å². The number of rotatable bonds is 11. The van der Waals surface area contributed by atoms with E-state index in [4.69, 9.17) is 16.6 Å². The first-order chi connectivity index (χ1) is 20.6.